The average Bonchev–Trinajstić information content (AvgIpc) is 3.52. The van der Waals surface area contributed by atoms with E-state index in [1.807, 2.05) is 18.2 Å². The summed E-state index contributed by atoms with van der Waals surface area (Å²) in [7, 11) is 0. The van der Waals surface area contributed by atoms with Crippen LogP contribution in [0.2, 0.25) is 0 Å². The Morgan fingerprint density at radius 2 is 2.00 bits per heavy atom. The van der Waals surface area contributed by atoms with Crippen LogP contribution in [0.5, 0.6) is 0 Å². The molecule has 0 bridgehead atoms. The fourth-order valence-corrected chi connectivity index (χ4v) is 5.58. The Bertz CT molecular complexity index is 1100. The molecule has 3 aliphatic rings. The SMILES string of the molecule is O=C(N[C@@H]1CCC[C@H](c2nc3ccccc3[nH]2)C1)c1ccc2c(c1)CN(CC1CC1)CC2. The Morgan fingerprint density at radius 3 is 2.88 bits per heavy atom. The van der Waals surface area contributed by atoms with Gasteiger partial charge in [0.05, 0.1) is 11.0 Å². The van der Waals surface area contributed by atoms with Crippen molar-refractivity contribution < 1.29 is 4.79 Å². The summed E-state index contributed by atoms with van der Waals surface area (Å²) in [5.74, 6) is 2.42. The molecule has 5 nitrogen and oxygen atoms in total. The van der Waals surface area contributed by atoms with Crippen LogP contribution in [0.15, 0.2) is 42.5 Å². The van der Waals surface area contributed by atoms with Crippen LogP contribution in [-0.2, 0) is 13.0 Å². The van der Waals surface area contributed by atoms with Crippen molar-refractivity contribution >= 4 is 16.9 Å². The highest BCUT2D eigenvalue weighted by Gasteiger charge is 2.28. The van der Waals surface area contributed by atoms with Crippen molar-refractivity contribution in [3.05, 3.63) is 65.0 Å². The fraction of sp³-hybridized carbons (Fsp3) is 0.481. The molecule has 1 amide bonds. The molecule has 3 aromatic rings. The van der Waals surface area contributed by atoms with Crippen molar-refractivity contribution in [2.75, 3.05) is 13.1 Å². The number of imidazole rings is 1. The standard InChI is InChI=1S/C27H32N4O/c32-27(21-11-10-19-12-13-31(16-18-8-9-18)17-22(19)14-21)28-23-5-3-4-20(15-23)26-29-24-6-1-2-7-25(24)30-26/h1-2,6-7,10-11,14,18,20,23H,3-5,8-9,12-13,15-17H2,(H,28,32)(H,29,30)/t20-,23+/m0/s1. The quantitative estimate of drug-likeness (QED) is 0.614. The summed E-state index contributed by atoms with van der Waals surface area (Å²) in [6, 6.07) is 14.7. The number of aromatic nitrogens is 2. The maximum Gasteiger partial charge on any atom is 0.251 e. The van der Waals surface area contributed by atoms with E-state index < -0.39 is 0 Å². The predicted octanol–water partition coefficient (Wildman–Crippen LogP) is 4.79. The predicted molar refractivity (Wildman–Crippen MR) is 127 cm³/mol. The lowest BCUT2D eigenvalue weighted by Crippen LogP contribution is -2.38. The third-order valence-electron chi connectivity index (χ3n) is 7.58. The second-order valence-electron chi connectivity index (χ2n) is 10.1. The van der Waals surface area contributed by atoms with Gasteiger partial charge in [0, 0.05) is 37.2 Å². The molecule has 2 saturated carbocycles. The fourth-order valence-electron chi connectivity index (χ4n) is 5.58. The Morgan fingerprint density at radius 1 is 1.09 bits per heavy atom. The van der Waals surface area contributed by atoms with E-state index in [1.54, 1.807) is 0 Å². The minimum absolute atomic E-state index is 0.0716. The number of fused-ring (bicyclic) bond motifs is 2. The second kappa shape index (κ2) is 8.36. The van der Waals surface area contributed by atoms with Gasteiger partial charge in [-0.3, -0.25) is 9.69 Å². The highest BCUT2D eigenvalue weighted by Crippen LogP contribution is 2.33. The molecule has 2 N–H and O–H groups in total. The summed E-state index contributed by atoms with van der Waals surface area (Å²) in [5.41, 5.74) is 5.68. The van der Waals surface area contributed by atoms with Crippen LogP contribution in [0.1, 0.15) is 71.8 Å². The first-order valence-electron chi connectivity index (χ1n) is 12.3. The van der Waals surface area contributed by atoms with Crippen molar-refractivity contribution in [1.29, 1.82) is 0 Å². The van der Waals surface area contributed by atoms with Crippen LogP contribution in [0.4, 0.5) is 0 Å². The van der Waals surface area contributed by atoms with E-state index in [1.165, 1.54) is 30.5 Å². The number of nitrogens with zero attached hydrogens (tertiary/aromatic N) is 2. The van der Waals surface area contributed by atoms with Gasteiger partial charge in [-0.25, -0.2) is 4.98 Å². The molecule has 0 radical (unpaired) electrons. The highest BCUT2D eigenvalue weighted by molar-refractivity contribution is 5.94. The number of H-pyrrole nitrogens is 1. The van der Waals surface area contributed by atoms with Gasteiger partial charge in [0.25, 0.3) is 5.91 Å². The number of amides is 1. The molecule has 32 heavy (non-hydrogen) atoms. The third kappa shape index (κ3) is 4.18. The molecule has 2 atom stereocenters. The number of carbonyl (C=O) groups excluding carboxylic acids is 1. The lowest BCUT2D eigenvalue weighted by atomic mass is 9.85. The van der Waals surface area contributed by atoms with Gasteiger partial charge in [0.15, 0.2) is 0 Å². The van der Waals surface area contributed by atoms with Crippen LogP contribution >= 0.6 is 0 Å². The van der Waals surface area contributed by atoms with Gasteiger partial charge in [0.2, 0.25) is 0 Å². The number of aromatic amines is 1. The molecule has 1 aromatic heterocycles. The Hall–Kier alpha value is -2.66. The number of para-hydroxylation sites is 2. The first kappa shape index (κ1) is 20.0. The molecule has 2 aromatic carbocycles. The van der Waals surface area contributed by atoms with Crippen LogP contribution < -0.4 is 5.32 Å². The zero-order valence-corrected chi connectivity index (χ0v) is 18.6. The van der Waals surface area contributed by atoms with Gasteiger partial charge in [-0.15, -0.1) is 0 Å². The van der Waals surface area contributed by atoms with Gasteiger partial charge in [-0.05, 0) is 79.8 Å². The summed E-state index contributed by atoms with van der Waals surface area (Å²) in [5, 5.41) is 3.33. The highest BCUT2D eigenvalue weighted by atomic mass is 16.1. The molecule has 2 fully saturated rings. The summed E-state index contributed by atoms with van der Waals surface area (Å²) < 4.78 is 0. The van der Waals surface area contributed by atoms with Gasteiger partial charge < -0.3 is 10.3 Å². The molecule has 0 spiro atoms. The number of benzene rings is 2. The summed E-state index contributed by atoms with van der Waals surface area (Å²) in [4.78, 5) is 24.0. The number of hydrogen-bond acceptors (Lipinski definition) is 3. The van der Waals surface area contributed by atoms with Crippen molar-refractivity contribution in [2.45, 2.75) is 63.5 Å². The number of hydrogen-bond donors (Lipinski definition) is 2. The van der Waals surface area contributed by atoms with Crippen molar-refractivity contribution in [1.82, 2.24) is 20.2 Å². The largest absolute Gasteiger partial charge is 0.349 e. The average molecular weight is 429 g/mol. The van der Waals surface area contributed by atoms with Crippen molar-refractivity contribution in [3.63, 3.8) is 0 Å². The monoisotopic (exact) mass is 428 g/mol. The van der Waals surface area contributed by atoms with Crippen molar-refractivity contribution in [2.24, 2.45) is 5.92 Å². The van der Waals surface area contributed by atoms with E-state index in [4.69, 9.17) is 4.98 Å². The van der Waals surface area contributed by atoms with E-state index in [0.29, 0.717) is 5.92 Å². The van der Waals surface area contributed by atoms with Gasteiger partial charge >= 0.3 is 0 Å². The van der Waals surface area contributed by atoms with E-state index in [2.05, 4.69) is 39.5 Å². The van der Waals surface area contributed by atoms with Gasteiger partial charge in [-0.2, -0.15) is 0 Å². The second-order valence-corrected chi connectivity index (χ2v) is 10.1. The molecule has 6 rings (SSSR count). The normalized spacial score (nSPS) is 23.8. The number of nitrogens with one attached hydrogen (secondary N) is 2. The summed E-state index contributed by atoms with van der Waals surface area (Å²) in [6.45, 7) is 3.37. The van der Waals surface area contributed by atoms with E-state index >= 15 is 0 Å². The molecule has 0 saturated heterocycles. The Balaban J connectivity index is 1.12. The van der Waals surface area contributed by atoms with E-state index in [-0.39, 0.29) is 11.9 Å². The van der Waals surface area contributed by atoms with Crippen molar-refractivity contribution in [3.8, 4) is 0 Å². The molecule has 2 aliphatic carbocycles. The minimum atomic E-state index is 0.0716. The topological polar surface area (TPSA) is 61.0 Å². The van der Waals surface area contributed by atoms with Crippen LogP contribution in [0.25, 0.3) is 11.0 Å². The number of carbonyl (C=O) groups is 1. The maximum absolute atomic E-state index is 13.1. The maximum atomic E-state index is 13.1. The van der Waals surface area contributed by atoms with Gasteiger partial charge in [-0.1, -0.05) is 24.6 Å². The molecule has 1 aliphatic heterocycles. The Labute approximate surface area is 189 Å². The molecular formula is C27H32N4O. The molecule has 2 heterocycles. The van der Waals surface area contributed by atoms with E-state index in [0.717, 1.165) is 73.5 Å². The van der Waals surface area contributed by atoms with Crippen LogP contribution in [-0.4, -0.2) is 39.9 Å². The Kier molecular flexibility index (Phi) is 5.22. The molecule has 166 valence electrons. The zero-order valence-electron chi connectivity index (χ0n) is 18.6. The molecule has 0 unspecified atom stereocenters. The van der Waals surface area contributed by atoms with Gasteiger partial charge in [0.1, 0.15) is 5.82 Å². The minimum Gasteiger partial charge on any atom is -0.349 e. The lowest BCUT2D eigenvalue weighted by Gasteiger charge is -2.30. The molecule has 5 heteroatoms. The van der Waals surface area contributed by atoms with E-state index in [9.17, 15) is 4.79 Å². The smallest absolute Gasteiger partial charge is 0.251 e. The lowest BCUT2D eigenvalue weighted by molar-refractivity contribution is 0.0924. The summed E-state index contributed by atoms with van der Waals surface area (Å²) in [6.07, 6.45) is 8.12. The first-order chi connectivity index (χ1) is 15.7. The van der Waals surface area contributed by atoms with Crippen LogP contribution in [0.3, 0.4) is 0 Å². The third-order valence-corrected chi connectivity index (χ3v) is 7.58. The summed E-state index contributed by atoms with van der Waals surface area (Å²) >= 11 is 0. The number of rotatable bonds is 5. The van der Waals surface area contributed by atoms with Crippen LogP contribution in [0, 0.1) is 5.92 Å². The first-order valence-corrected chi connectivity index (χ1v) is 12.3. The molecular weight excluding hydrogens is 396 g/mol. The zero-order chi connectivity index (χ0) is 21.5.